The van der Waals surface area contributed by atoms with Crippen LogP contribution in [-0.4, -0.2) is 48.3 Å². The Morgan fingerprint density at radius 3 is 0.706 bits per heavy atom. The van der Waals surface area contributed by atoms with E-state index in [1.165, 1.54) is 27.9 Å². The average Bonchev–Trinajstić information content (AvgIpc) is 2.37. The Hall–Kier alpha value is -0.460. The summed E-state index contributed by atoms with van der Waals surface area (Å²) < 4.78 is 64.2. The van der Waals surface area contributed by atoms with Crippen LogP contribution < -0.4 is 0 Å². The lowest BCUT2D eigenvalue weighted by molar-refractivity contribution is 0.104. The van der Waals surface area contributed by atoms with Gasteiger partial charge >= 0.3 is 0 Å². The number of halogens is 6. The Morgan fingerprint density at radius 2 is 0.706 bits per heavy atom. The van der Waals surface area contributed by atoms with E-state index in [-0.39, 0.29) is 20.0 Å². The fourth-order valence-electron chi connectivity index (χ4n) is 0. The lowest BCUT2D eigenvalue weighted by atomic mass is 10.9. The molecular formula is C10H26F6O. The summed E-state index contributed by atoms with van der Waals surface area (Å²) in [5, 5.41) is 0. The summed E-state index contributed by atoms with van der Waals surface area (Å²) in [4.78, 5) is 0. The summed E-state index contributed by atoms with van der Waals surface area (Å²) in [6.07, 6.45) is 0. The van der Waals surface area contributed by atoms with Crippen molar-refractivity contribution in [2.75, 3.05) is 48.3 Å². The van der Waals surface area contributed by atoms with Crippen molar-refractivity contribution in [3.05, 3.63) is 0 Å². The van der Waals surface area contributed by atoms with Gasteiger partial charge in [0.05, 0.1) is 34.4 Å². The summed E-state index contributed by atoms with van der Waals surface area (Å²) >= 11 is 0. The molecule has 0 aliphatic carbocycles. The molecule has 0 N–H and O–H groups in total. The molecule has 0 unspecified atom stereocenters. The van der Waals surface area contributed by atoms with Crippen molar-refractivity contribution < 1.29 is 31.1 Å². The van der Waals surface area contributed by atoms with Crippen LogP contribution in [-0.2, 0) is 4.74 Å². The molecule has 0 saturated carbocycles. The molecule has 114 valence electrons. The van der Waals surface area contributed by atoms with E-state index < -0.39 is 6.86 Å². The van der Waals surface area contributed by atoms with Crippen molar-refractivity contribution in [1.82, 2.24) is 0 Å². The first kappa shape index (κ1) is 36.0. The van der Waals surface area contributed by atoms with Crippen molar-refractivity contribution in [1.29, 1.82) is 0 Å². The molecule has 0 saturated heterocycles. The van der Waals surface area contributed by atoms with E-state index >= 15 is 0 Å². The molecule has 7 heteroatoms. The first-order chi connectivity index (χ1) is 8.16. The van der Waals surface area contributed by atoms with Gasteiger partial charge in [-0.05, 0) is 20.8 Å². The van der Waals surface area contributed by atoms with Crippen LogP contribution in [0.2, 0.25) is 0 Å². The Labute approximate surface area is 101 Å². The van der Waals surface area contributed by atoms with E-state index in [2.05, 4.69) is 4.74 Å². The second kappa shape index (κ2) is 159. The van der Waals surface area contributed by atoms with Crippen LogP contribution >= 0.6 is 0 Å². The first-order valence-electron chi connectivity index (χ1n) is 4.64. The summed E-state index contributed by atoms with van der Waals surface area (Å²) in [7, 11) is 2.31. The smallest absolute Gasteiger partial charge is 0.187 e. The molecule has 17 heavy (non-hydrogen) atoms. The number of methoxy groups -OCH3 is 1. The molecule has 0 amide bonds. The van der Waals surface area contributed by atoms with Gasteiger partial charge in [-0.1, -0.05) is 0 Å². The van der Waals surface area contributed by atoms with Gasteiger partial charge in [-0.3, -0.25) is 22.0 Å². The van der Waals surface area contributed by atoms with E-state index in [9.17, 15) is 26.3 Å². The number of rotatable bonds is 1. The Bertz CT molecular complexity index is 37.2. The van der Waals surface area contributed by atoms with Crippen LogP contribution in [0.3, 0.4) is 0 Å². The van der Waals surface area contributed by atoms with Gasteiger partial charge in [0.1, 0.15) is 0 Å². The second-order valence-electron chi connectivity index (χ2n) is 1.20. The molecule has 0 heterocycles. The summed E-state index contributed by atoms with van der Waals surface area (Å²) in [6, 6.07) is 0. The second-order valence-corrected chi connectivity index (χ2v) is 1.20. The Balaban J connectivity index is -0.0000000218. The van der Waals surface area contributed by atoms with Crippen molar-refractivity contribution in [3.8, 4) is 0 Å². The molecule has 0 aromatic carbocycles. The van der Waals surface area contributed by atoms with Crippen LogP contribution in [0.15, 0.2) is 0 Å². The van der Waals surface area contributed by atoms with Gasteiger partial charge in [-0.25, -0.2) is 4.39 Å². The molecule has 0 fully saturated rings. The van der Waals surface area contributed by atoms with Gasteiger partial charge in [0.2, 0.25) is 0 Å². The van der Waals surface area contributed by atoms with E-state index in [1.807, 2.05) is 0 Å². The number of hydrogen-bond acceptors (Lipinski definition) is 1. The first-order valence-corrected chi connectivity index (χ1v) is 4.64. The van der Waals surface area contributed by atoms with E-state index in [1.54, 1.807) is 0 Å². The Kier molecular flexibility index (Phi) is 337. The van der Waals surface area contributed by atoms with Crippen LogP contribution in [0.1, 0.15) is 20.8 Å². The molecule has 1 nitrogen and oxygen atoms in total. The van der Waals surface area contributed by atoms with Gasteiger partial charge < -0.3 is 4.74 Å². The number of hydrogen-bond donors (Lipinski definition) is 0. The van der Waals surface area contributed by atoms with Crippen molar-refractivity contribution in [3.63, 3.8) is 0 Å². The monoisotopic (exact) mass is 276 g/mol. The highest BCUT2D eigenvalue weighted by Gasteiger charge is 1.55. The molecule has 0 radical (unpaired) electrons. The molecule has 0 aromatic heterocycles. The van der Waals surface area contributed by atoms with Crippen molar-refractivity contribution >= 4 is 0 Å². The van der Waals surface area contributed by atoms with Gasteiger partial charge in [-0.15, -0.1) is 0 Å². The molecule has 0 rings (SSSR count). The standard InChI is InChI=1S/C2H5FO.3C2H5F.2CH3F/c1-4-2-3;3*1-2-3;2*1-2/h2H2,1H3;3*2H2,1H3;2*1H3. The lowest BCUT2D eigenvalue weighted by Gasteiger charge is -1.72. The maximum Gasteiger partial charge on any atom is 0.187 e. The van der Waals surface area contributed by atoms with Gasteiger partial charge in [0.15, 0.2) is 6.86 Å². The predicted molar refractivity (Wildman–Crippen MR) is 62.0 cm³/mol. The molecule has 0 atom stereocenters. The third-order valence-electron chi connectivity index (χ3n) is 0.109. The maximum absolute atomic E-state index is 10.5. The highest BCUT2D eigenvalue weighted by molar-refractivity contribution is 3.86. The Morgan fingerprint density at radius 1 is 0.647 bits per heavy atom. The largest absolute Gasteiger partial charge is 0.354 e. The molecule has 0 bridgehead atoms. The van der Waals surface area contributed by atoms with Crippen LogP contribution in [0.25, 0.3) is 0 Å². The maximum atomic E-state index is 10.5. The van der Waals surface area contributed by atoms with Crippen molar-refractivity contribution in [2.45, 2.75) is 20.8 Å². The van der Waals surface area contributed by atoms with Gasteiger partial charge in [-0.2, -0.15) is 0 Å². The summed E-state index contributed by atoms with van der Waals surface area (Å²) in [5.41, 5.74) is 0. The fraction of sp³-hybridized carbons (Fsp3) is 1.00. The van der Waals surface area contributed by atoms with Crippen molar-refractivity contribution in [2.24, 2.45) is 0 Å². The minimum absolute atomic E-state index is 0.250. The zero-order chi connectivity index (χ0) is 15.5. The number of alkyl halides is 6. The van der Waals surface area contributed by atoms with Gasteiger partial charge in [0.25, 0.3) is 0 Å². The van der Waals surface area contributed by atoms with Gasteiger partial charge in [0, 0.05) is 7.11 Å². The minimum Gasteiger partial charge on any atom is -0.354 e. The number of ether oxygens (including phenoxy) is 1. The van der Waals surface area contributed by atoms with E-state index in [4.69, 9.17) is 0 Å². The molecule has 0 spiro atoms. The summed E-state index contributed by atoms with van der Waals surface area (Å²) in [6.45, 7) is 2.94. The summed E-state index contributed by atoms with van der Waals surface area (Å²) in [5.74, 6) is 0. The molecular weight excluding hydrogens is 250 g/mol. The highest BCUT2D eigenvalue weighted by Crippen LogP contribution is 1.58. The van der Waals surface area contributed by atoms with Crippen LogP contribution in [0.4, 0.5) is 26.3 Å². The highest BCUT2D eigenvalue weighted by atomic mass is 19.1. The zero-order valence-electron chi connectivity index (χ0n) is 11.5. The minimum atomic E-state index is -0.681. The fourth-order valence-corrected chi connectivity index (χ4v) is 0. The third kappa shape index (κ3) is 9770. The van der Waals surface area contributed by atoms with E-state index in [0.29, 0.717) is 14.4 Å². The SMILES string of the molecule is CCF.CCF.CCF.CF.CF.COCF. The lowest BCUT2D eigenvalue weighted by Crippen LogP contribution is -1.70. The quantitative estimate of drug-likeness (QED) is 0.633. The van der Waals surface area contributed by atoms with E-state index in [0.717, 1.165) is 0 Å². The zero-order valence-corrected chi connectivity index (χ0v) is 11.5. The van der Waals surface area contributed by atoms with Crippen LogP contribution in [0, 0.1) is 0 Å². The normalized spacial score (nSPS) is 5.65. The predicted octanol–water partition coefficient (Wildman–Crippen LogP) is 4.66. The third-order valence-corrected chi connectivity index (χ3v) is 0.109. The molecule has 0 aromatic rings. The topological polar surface area (TPSA) is 9.23 Å². The molecule has 0 aliphatic heterocycles. The molecule has 0 aliphatic rings. The van der Waals surface area contributed by atoms with Crippen LogP contribution in [0.5, 0.6) is 0 Å². The average molecular weight is 276 g/mol.